The maximum Gasteiger partial charge on any atom is 0.573 e. The average molecular weight is 390 g/mol. The van der Waals surface area contributed by atoms with Crippen LogP contribution in [0.2, 0.25) is 0 Å². The van der Waals surface area contributed by atoms with Crippen molar-refractivity contribution in [3.8, 4) is 5.75 Å². The standard InChI is InChI=1S/C19H13F7O/c1-2-9-5-13(20)16(14(21)6-9)10-3-4-12-11(7-10)8-15(22)18(17(12)23)27-19(24,25)26/h3,5-6,8H,2,4,7H2,1H3. The van der Waals surface area contributed by atoms with E-state index in [-0.39, 0.29) is 35.1 Å². The van der Waals surface area contributed by atoms with Crippen molar-refractivity contribution >= 4 is 5.57 Å². The molecule has 2 aromatic rings. The maximum absolute atomic E-state index is 14.3. The summed E-state index contributed by atoms with van der Waals surface area (Å²) in [7, 11) is 0. The molecule has 27 heavy (non-hydrogen) atoms. The van der Waals surface area contributed by atoms with Gasteiger partial charge in [0.2, 0.25) is 5.75 Å². The van der Waals surface area contributed by atoms with E-state index in [9.17, 15) is 30.7 Å². The SMILES string of the molecule is CCc1cc(F)c(C2=CCc3c(cc(F)c(OC(F)(F)F)c3F)C2)c(F)c1. The molecule has 0 bridgehead atoms. The molecule has 1 aliphatic rings. The number of alkyl halides is 3. The van der Waals surface area contributed by atoms with Crippen molar-refractivity contribution in [1.82, 2.24) is 0 Å². The van der Waals surface area contributed by atoms with Gasteiger partial charge in [0.15, 0.2) is 11.6 Å². The Morgan fingerprint density at radius 1 is 0.963 bits per heavy atom. The molecule has 0 heterocycles. The van der Waals surface area contributed by atoms with E-state index in [1.807, 2.05) is 0 Å². The number of rotatable bonds is 3. The molecule has 0 saturated heterocycles. The van der Waals surface area contributed by atoms with Gasteiger partial charge in [0.1, 0.15) is 11.6 Å². The first-order chi connectivity index (χ1) is 12.6. The molecule has 0 radical (unpaired) electrons. The monoisotopic (exact) mass is 390 g/mol. The molecule has 0 fully saturated rings. The lowest BCUT2D eigenvalue weighted by atomic mass is 9.86. The summed E-state index contributed by atoms with van der Waals surface area (Å²) in [6, 6.07) is 3.05. The minimum absolute atomic E-state index is 0.00962. The van der Waals surface area contributed by atoms with Crippen LogP contribution in [0, 0.1) is 23.3 Å². The highest BCUT2D eigenvalue weighted by molar-refractivity contribution is 5.72. The number of halogens is 7. The third-order valence-corrected chi connectivity index (χ3v) is 4.35. The van der Waals surface area contributed by atoms with E-state index in [1.54, 1.807) is 6.92 Å². The van der Waals surface area contributed by atoms with Crippen molar-refractivity contribution in [2.24, 2.45) is 0 Å². The van der Waals surface area contributed by atoms with Crippen molar-refractivity contribution in [3.63, 3.8) is 0 Å². The van der Waals surface area contributed by atoms with E-state index in [0.717, 1.165) is 0 Å². The van der Waals surface area contributed by atoms with Crippen molar-refractivity contribution < 1.29 is 35.5 Å². The zero-order valence-electron chi connectivity index (χ0n) is 14.0. The smallest absolute Gasteiger partial charge is 0.399 e. The molecule has 0 aliphatic heterocycles. The molecule has 1 nitrogen and oxygen atoms in total. The van der Waals surface area contributed by atoms with E-state index in [1.165, 1.54) is 18.2 Å². The molecule has 0 unspecified atom stereocenters. The molecule has 0 aromatic heterocycles. The molecule has 0 amide bonds. The second-order valence-electron chi connectivity index (χ2n) is 6.09. The van der Waals surface area contributed by atoms with Crippen LogP contribution in [-0.2, 0) is 19.3 Å². The fourth-order valence-corrected chi connectivity index (χ4v) is 3.11. The van der Waals surface area contributed by atoms with Gasteiger partial charge in [0.05, 0.1) is 0 Å². The van der Waals surface area contributed by atoms with Crippen LogP contribution >= 0.6 is 0 Å². The largest absolute Gasteiger partial charge is 0.573 e. The summed E-state index contributed by atoms with van der Waals surface area (Å²) in [5.41, 5.74) is 0.120. The zero-order chi connectivity index (χ0) is 19.9. The Morgan fingerprint density at radius 2 is 1.59 bits per heavy atom. The Kier molecular flexibility index (Phi) is 4.92. The molecule has 0 saturated carbocycles. The highest BCUT2D eigenvalue weighted by Crippen LogP contribution is 2.38. The van der Waals surface area contributed by atoms with Gasteiger partial charge >= 0.3 is 6.36 Å². The normalized spacial score (nSPS) is 14.0. The van der Waals surface area contributed by atoms with Crippen LogP contribution in [0.4, 0.5) is 30.7 Å². The number of hydrogen-bond donors (Lipinski definition) is 0. The Bertz CT molecular complexity index is 906. The molecule has 144 valence electrons. The van der Waals surface area contributed by atoms with Gasteiger partial charge in [-0.15, -0.1) is 13.2 Å². The third kappa shape index (κ3) is 3.79. The van der Waals surface area contributed by atoms with Crippen LogP contribution in [-0.4, -0.2) is 6.36 Å². The number of hydrogen-bond acceptors (Lipinski definition) is 1. The average Bonchev–Trinajstić information content (AvgIpc) is 2.57. The summed E-state index contributed by atoms with van der Waals surface area (Å²) in [6.45, 7) is 1.73. The second-order valence-corrected chi connectivity index (χ2v) is 6.09. The van der Waals surface area contributed by atoms with Crippen LogP contribution in [0.1, 0.15) is 29.2 Å². The van der Waals surface area contributed by atoms with Crippen molar-refractivity contribution in [3.05, 3.63) is 69.8 Å². The van der Waals surface area contributed by atoms with Crippen molar-refractivity contribution in [2.75, 3.05) is 0 Å². The van der Waals surface area contributed by atoms with Crippen LogP contribution < -0.4 is 4.74 Å². The predicted molar refractivity (Wildman–Crippen MR) is 84.2 cm³/mol. The quantitative estimate of drug-likeness (QED) is 0.594. The van der Waals surface area contributed by atoms with Crippen molar-refractivity contribution in [1.29, 1.82) is 0 Å². The molecule has 3 rings (SSSR count). The minimum Gasteiger partial charge on any atom is -0.399 e. The summed E-state index contributed by atoms with van der Waals surface area (Å²) in [5.74, 6) is -6.16. The molecule has 0 spiro atoms. The van der Waals surface area contributed by atoms with Crippen LogP contribution in [0.15, 0.2) is 24.3 Å². The number of fused-ring (bicyclic) bond motifs is 1. The van der Waals surface area contributed by atoms with E-state index in [2.05, 4.69) is 4.74 Å². The highest BCUT2D eigenvalue weighted by Gasteiger charge is 2.35. The van der Waals surface area contributed by atoms with Gasteiger partial charge in [-0.3, -0.25) is 0 Å². The Balaban J connectivity index is 2.00. The first-order valence-corrected chi connectivity index (χ1v) is 8.03. The fourth-order valence-electron chi connectivity index (χ4n) is 3.11. The van der Waals surface area contributed by atoms with E-state index in [0.29, 0.717) is 18.1 Å². The Hall–Kier alpha value is -2.51. The lowest BCUT2D eigenvalue weighted by Crippen LogP contribution is -2.20. The number of allylic oxidation sites excluding steroid dienone is 2. The zero-order valence-corrected chi connectivity index (χ0v) is 14.0. The molecule has 0 atom stereocenters. The fraction of sp³-hybridized carbons (Fsp3) is 0.263. The van der Waals surface area contributed by atoms with E-state index in [4.69, 9.17) is 0 Å². The van der Waals surface area contributed by atoms with Crippen LogP contribution in [0.5, 0.6) is 5.75 Å². The van der Waals surface area contributed by atoms with Gasteiger partial charge in [-0.25, -0.2) is 17.6 Å². The van der Waals surface area contributed by atoms with Gasteiger partial charge in [-0.1, -0.05) is 13.0 Å². The number of benzene rings is 2. The summed E-state index contributed by atoms with van der Waals surface area (Å²) in [5, 5.41) is 0. The van der Waals surface area contributed by atoms with Crippen LogP contribution in [0.3, 0.4) is 0 Å². The van der Waals surface area contributed by atoms with E-state index >= 15 is 0 Å². The first-order valence-electron chi connectivity index (χ1n) is 8.03. The van der Waals surface area contributed by atoms with Gasteiger partial charge < -0.3 is 4.74 Å². The van der Waals surface area contributed by atoms with Gasteiger partial charge in [0, 0.05) is 5.56 Å². The predicted octanol–water partition coefficient (Wildman–Crippen LogP) is 5.89. The molecule has 0 N–H and O–H groups in total. The second kappa shape index (κ2) is 6.90. The van der Waals surface area contributed by atoms with Crippen LogP contribution in [0.25, 0.3) is 5.57 Å². The Morgan fingerprint density at radius 3 is 2.15 bits per heavy atom. The lowest BCUT2D eigenvalue weighted by Gasteiger charge is -2.21. The Labute approximate surface area is 150 Å². The molecule has 2 aromatic carbocycles. The highest BCUT2D eigenvalue weighted by atomic mass is 19.4. The summed E-state index contributed by atoms with van der Waals surface area (Å²) >= 11 is 0. The lowest BCUT2D eigenvalue weighted by molar-refractivity contribution is -0.276. The topological polar surface area (TPSA) is 9.23 Å². The molecular weight excluding hydrogens is 377 g/mol. The summed E-state index contributed by atoms with van der Waals surface area (Å²) in [4.78, 5) is 0. The third-order valence-electron chi connectivity index (χ3n) is 4.35. The first kappa shape index (κ1) is 19.3. The minimum atomic E-state index is -5.25. The number of aryl methyl sites for hydroxylation is 1. The van der Waals surface area contributed by atoms with Gasteiger partial charge in [-0.05, 0) is 59.7 Å². The van der Waals surface area contributed by atoms with Gasteiger partial charge in [-0.2, -0.15) is 0 Å². The molecular formula is C19H13F7O. The molecule has 8 heteroatoms. The maximum atomic E-state index is 14.3. The van der Waals surface area contributed by atoms with E-state index < -0.39 is 35.4 Å². The number of ether oxygens (including phenoxy) is 1. The summed E-state index contributed by atoms with van der Waals surface area (Å²) in [6.07, 6.45) is -3.99. The van der Waals surface area contributed by atoms with Gasteiger partial charge in [0.25, 0.3) is 0 Å². The van der Waals surface area contributed by atoms with Crippen molar-refractivity contribution in [2.45, 2.75) is 32.5 Å². The molecule has 1 aliphatic carbocycles. The summed E-state index contributed by atoms with van der Waals surface area (Å²) < 4.78 is 97.2.